The molecule has 1 atom stereocenters. The van der Waals surface area contributed by atoms with Crippen molar-refractivity contribution in [2.24, 2.45) is 5.92 Å². The molecule has 0 aromatic rings. The number of carbonyl (C=O) groups is 1. The maximum Gasteiger partial charge on any atom is 0.308 e. The molecule has 0 amide bonds. The van der Waals surface area contributed by atoms with Crippen LogP contribution in [0.25, 0.3) is 0 Å². The Morgan fingerprint density at radius 2 is 2.08 bits per heavy atom. The molecule has 0 bridgehead atoms. The zero-order valence-corrected chi connectivity index (χ0v) is 9.09. The van der Waals surface area contributed by atoms with Crippen LogP contribution in [0.4, 0.5) is 0 Å². The summed E-state index contributed by atoms with van der Waals surface area (Å²) < 4.78 is 4.64. The fraction of sp³-hybridized carbons (Fsp3) is 0.727. The first-order valence-corrected chi connectivity index (χ1v) is 4.79. The van der Waals surface area contributed by atoms with Gasteiger partial charge in [0.25, 0.3) is 0 Å². The number of hydrogen-bond acceptors (Lipinski definition) is 2. The van der Waals surface area contributed by atoms with Gasteiger partial charge in [-0.15, -0.1) is 0 Å². The van der Waals surface area contributed by atoms with Gasteiger partial charge >= 0.3 is 5.97 Å². The summed E-state index contributed by atoms with van der Waals surface area (Å²) in [5, 5.41) is 0. The Labute approximate surface area is 81.0 Å². The molecule has 0 aliphatic carbocycles. The van der Waals surface area contributed by atoms with Gasteiger partial charge in [0.1, 0.15) is 0 Å². The van der Waals surface area contributed by atoms with Crippen LogP contribution in [-0.4, -0.2) is 13.1 Å². The molecule has 0 aromatic carbocycles. The molecule has 76 valence electrons. The summed E-state index contributed by atoms with van der Waals surface area (Å²) >= 11 is 0. The Hall–Kier alpha value is -0.790. The van der Waals surface area contributed by atoms with Gasteiger partial charge < -0.3 is 4.74 Å². The summed E-state index contributed by atoms with van der Waals surface area (Å²) in [6.45, 7) is 6.09. The van der Waals surface area contributed by atoms with Crippen molar-refractivity contribution >= 4 is 5.97 Å². The third kappa shape index (κ3) is 6.38. The first-order chi connectivity index (χ1) is 6.07. The summed E-state index contributed by atoms with van der Waals surface area (Å²) in [5.74, 6) is -0.0623. The SMILES string of the molecule is COC(=O)[C@H](C)CCCC=C(C)C. The topological polar surface area (TPSA) is 26.3 Å². The molecule has 0 aliphatic rings. The molecule has 0 spiro atoms. The minimum absolute atomic E-state index is 0.0376. The fourth-order valence-corrected chi connectivity index (χ4v) is 1.13. The van der Waals surface area contributed by atoms with E-state index in [1.165, 1.54) is 12.7 Å². The lowest BCUT2D eigenvalue weighted by Gasteiger charge is -2.07. The van der Waals surface area contributed by atoms with Crippen LogP contribution >= 0.6 is 0 Å². The number of carbonyl (C=O) groups excluding carboxylic acids is 1. The van der Waals surface area contributed by atoms with Crippen LogP contribution in [-0.2, 0) is 9.53 Å². The maximum atomic E-state index is 11.0. The van der Waals surface area contributed by atoms with Crippen molar-refractivity contribution in [1.29, 1.82) is 0 Å². The van der Waals surface area contributed by atoms with E-state index in [2.05, 4.69) is 24.7 Å². The molecule has 0 heterocycles. The van der Waals surface area contributed by atoms with Crippen LogP contribution in [0.1, 0.15) is 40.0 Å². The molecule has 0 saturated carbocycles. The van der Waals surface area contributed by atoms with Gasteiger partial charge in [-0.1, -0.05) is 18.6 Å². The molecule has 0 aliphatic heterocycles. The third-order valence-corrected chi connectivity index (χ3v) is 2.00. The van der Waals surface area contributed by atoms with E-state index in [1.807, 2.05) is 6.92 Å². The first-order valence-electron chi connectivity index (χ1n) is 4.79. The van der Waals surface area contributed by atoms with E-state index in [1.54, 1.807) is 0 Å². The van der Waals surface area contributed by atoms with Crippen molar-refractivity contribution < 1.29 is 9.53 Å². The molecule has 0 saturated heterocycles. The van der Waals surface area contributed by atoms with Gasteiger partial charge in [0.15, 0.2) is 0 Å². The molecule has 0 fully saturated rings. The second-order valence-corrected chi connectivity index (χ2v) is 3.64. The van der Waals surface area contributed by atoms with E-state index in [9.17, 15) is 4.79 Å². The molecular formula is C11H20O2. The van der Waals surface area contributed by atoms with Gasteiger partial charge in [-0.3, -0.25) is 4.79 Å². The average Bonchev–Trinajstić information content (AvgIpc) is 2.10. The van der Waals surface area contributed by atoms with Gasteiger partial charge in [0.05, 0.1) is 13.0 Å². The first kappa shape index (κ1) is 12.2. The molecule has 0 radical (unpaired) electrons. The van der Waals surface area contributed by atoms with Crippen molar-refractivity contribution in [3.05, 3.63) is 11.6 Å². The number of ether oxygens (including phenoxy) is 1. The number of methoxy groups -OCH3 is 1. The van der Waals surface area contributed by atoms with Crippen LogP contribution in [0.15, 0.2) is 11.6 Å². The monoisotopic (exact) mass is 184 g/mol. The second-order valence-electron chi connectivity index (χ2n) is 3.64. The van der Waals surface area contributed by atoms with E-state index in [-0.39, 0.29) is 11.9 Å². The van der Waals surface area contributed by atoms with Crippen LogP contribution in [0.3, 0.4) is 0 Å². The molecule has 2 heteroatoms. The largest absolute Gasteiger partial charge is 0.469 e. The number of rotatable bonds is 5. The minimum atomic E-state index is -0.0998. The minimum Gasteiger partial charge on any atom is -0.469 e. The van der Waals surface area contributed by atoms with Crippen LogP contribution in [0.2, 0.25) is 0 Å². The Balaban J connectivity index is 3.53. The standard InChI is InChI=1S/C11H20O2/c1-9(2)7-5-6-8-10(3)11(12)13-4/h7,10H,5-6,8H2,1-4H3/t10-/m1/s1. The Morgan fingerprint density at radius 3 is 2.54 bits per heavy atom. The highest BCUT2D eigenvalue weighted by Crippen LogP contribution is 2.10. The summed E-state index contributed by atoms with van der Waals surface area (Å²) in [6, 6.07) is 0. The molecule has 13 heavy (non-hydrogen) atoms. The molecule has 0 rings (SSSR count). The van der Waals surface area contributed by atoms with E-state index < -0.39 is 0 Å². The number of hydrogen-bond donors (Lipinski definition) is 0. The normalized spacial score (nSPS) is 12.0. The zero-order chi connectivity index (χ0) is 10.3. The van der Waals surface area contributed by atoms with Crippen molar-refractivity contribution in [3.8, 4) is 0 Å². The average molecular weight is 184 g/mol. The lowest BCUT2D eigenvalue weighted by molar-refractivity contribution is -0.145. The van der Waals surface area contributed by atoms with Crippen LogP contribution < -0.4 is 0 Å². The van der Waals surface area contributed by atoms with Gasteiger partial charge in [-0.2, -0.15) is 0 Å². The molecule has 0 N–H and O–H groups in total. The quantitative estimate of drug-likeness (QED) is 0.373. The summed E-state index contributed by atoms with van der Waals surface area (Å²) in [5.41, 5.74) is 1.34. The van der Waals surface area contributed by atoms with Crippen LogP contribution in [0.5, 0.6) is 0 Å². The van der Waals surface area contributed by atoms with E-state index in [0.29, 0.717) is 0 Å². The Morgan fingerprint density at radius 1 is 1.46 bits per heavy atom. The summed E-state index contributed by atoms with van der Waals surface area (Å²) in [7, 11) is 1.44. The van der Waals surface area contributed by atoms with E-state index in [0.717, 1.165) is 19.3 Å². The van der Waals surface area contributed by atoms with Crippen molar-refractivity contribution in [2.45, 2.75) is 40.0 Å². The van der Waals surface area contributed by atoms with Crippen LogP contribution in [0, 0.1) is 5.92 Å². The van der Waals surface area contributed by atoms with E-state index >= 15 is 0 Å². The van der Waals surface area contributed by atoms with Gasteiger partial charge in [0.2, 0.25) is 0 Å². The molecule has 0 unspecified atom stereocenters. The predicted molar refractivity (Wildman–Crippen MR) is 54.5 cm³/mol. The van der Waals surface area contributed by atoms with Gasteiger partial charge in [-0.05, 0) is 33.1 Å². The van der Waals surface area contributed by atoms with Crippen molar-refractivity contribution in [3.63, 3.8) is 0 Å². The third-order valence-electron chi connectivity index (χ3n) is 2.00. The number of allylic oxidation sites excluding steroid dienone is 2. The number of unbranched alkanes of at least 4 members (excludes halogenated alkanes) is 1. The van der Waals surface area contributed by atoms with E-state index in [4.69, 9.17) is 0 Å². The highest BCUT2D eigenvalue weighted by molar-refractivity contribution is 5.71. The van der Waals surface area contributed by atoms with Gasteiger partial charge in [-0.25, -0.2) is 0 Å². The summed E-state index contributed by atoms with van der Waals surface area (Å²) in [4.78, 5) is 11.0. The maximum absolute atomic E-state index is 11.0. The molecule has 0 aromatic heterocycles. The van der Waals surface area contributed by atoms with Crippen molar-refractivity contribution in [1.82, 2.24) is 0 Å². The smallest absolute Gasteiger partial charge is 0.308 e. The Bertz CT molecular complexity index is 179. The highest BCUT2D eigenvalue weighted by atomic mass is 16.5. The summed E-state index contributed by atoms with van der Waals surface area (Å²) in [6.07, 6.45) is 5.23. The van der Waals surface area contributed by atoms with Gasteiger partial charge in [0, 0.05) is 0 Å². The highest BCUT2D eigenvalue weighted by Gasteiger charge is 2.11. The second kappa shape index (κ2) is 6.70. The molecule has 2 nitrogen and oxygen atoms in total. The van der Waals surface area contributed by atoms with Crippen molar-refractivity contribution in [2.75, 3.05) is 7.11 Å². The fourth-order valence-electron chi connectivity index (χ4n) is 1.13. The lowest BCUT2D eigenvalue weighted by atomic mass is 10.0. The number of esters is 1. The molecular weight excluding hydrogens is 164 g/mol. The predicted octanol–water partition coefficient (Wildman–Crippen LogP) is 2.93. The lowest BCUT2D eigenvalue weighted by Crippen LogP contribution is -2.12. The zero-order valence-electron chi connectivity index (χ0n) is 9.09. The Kier molecular flexibility index (Phi) is 6.29.